The number of rotatable bonds is 5. The van der Waals surface area contributed by atoms with Gasteiger partial charge in [0, 0.05) is 13.1 Å². The van der Waals surface area contributed by atoms with E-state index in [2.05, 4.69) is 47.6 Å². The molecule has 1 saturated heterocycles. The molecule has 1 aromatic rings. The Morgan fingerprint density at radius 3 is 2.72 bits per heavy atom. The van der Waals surface area contributed by atoms with Crippen LogP contribution in [-0.4, -0.2) is 38.1 Å². The largest absolute Gasteiger partial charge is 0.316 e. The van der Waals surface area contributed by atoms with E-state index in [1.165, 1.54) is 44.6 Å². The smallest absolute Gasteiger partial charge is 0.00189 e. The molecule has 0 amide bonds. The molecule has 0 spiro atoms. The Labute approximate surface area is 117 Å². The van der Waals surface area contributed by atoms with Crippen LogP contribution in [0.1, 0.15) is 18.4 Å². The summed E-state index contributed by atoms with van der Waals surface area (Å²) in [6.45, 7) is 4.82. The van der Waals surface area contributed by atoms with Gasteiger partial charge in [-0.25, -0.2) is 0 Å². The van der Waals surface area contributed by atoms with Gasteiger partial charge in [-0.2, -0.15) is 0 Å². The van der Waals surface area contributed by atoms with Crippen LogP contribution in [0, 0.1) is 5.92 Å². The highest BCUT2D eigenvalue weighted by atomic mass is 35.5. The third-order valence-corrected chi connectivity index (χ3v) is 3.59. The summed E-state index contributed by atoms with van der Waals surface area (Å²) in [5.74, 6) is 0.851. The minimum Gasteiger partial charge on any atom is -0.316 e. The fourth-order valence-corrected chi connectivity index (χ4v) is 2.58. The van der Waals surface area contributed by atoms with Gasteiger partial charge < -0.3 is 10.2 Å². The molecule has 3 heteroatoms. The van der Waals surface area contributed by atoms with E-state index in [4.69, 9.17) is 0 Å². The summed E-state index contributed by atoms with van der Waals surface area (Å²) >= 11 is 0. The number of hydrogen-bond acceptors (Lipinski definition) is 2. The van der Waals surface area contributed by atoms with E-state index in [0.717, 1.165) is 12.3 Å². The maximum Gasteiger partial charge on any atom is 0.00189 e. The fraction of sp³-hybridized carbons (Fsp3) is 0.600. The van der Waals surface area contributed by atoms with Crippen LogP contribution in [0.5, 0.6) is 0 Å². The average Bonchev–Trinajstić information content (AvgIpc) is 2.39. The summed E-state index contributed by atoms with van der Waals surface area (Å²) in [4.78, 5) is 2.48. The summed E-state index contributed by atoms with van der Waals surface area (Å²) in [5.41, 5.74) is 1.45. The van der Waals surface area contributed by atoms with Crippen LogP contribution in [0.2, 0.25) is 0 Å². The summed E-state index contributed by atoms with van der Waals surface area (Å²) in [6, 6.07) is 10.8. The Morgan fingerprint density at radius 1 is 1.28 bits per heavy atom. The highest BCUT2D eigenvalue weighted by Gasteiger charge is 2.14. The van der Waals surface area contributed by atoms with Crippen molar-refractivity contribution in [2.24, 2.45) is 5.92 Å². The van der Waals surface area contributed by atoms with E-state index in [1.807, 2.05) is 0 Å². The van der Waals surface area contributed by atoms with Gasteiger partial charge in [-0.05, 0) is 50.9 Å². The molecule has 1 atom stereocenters. The van der Waals surface area contributed by atoms with E-state index in [0.29, 0.717) is 0 Å². The second kappa shape index (κ2) is 8.52. The average molecular weight is 269 g/mol. The highest BCUT2D eigenvalue weighted by molar-refractivity contribution is 5.85. The molecule has 1 fully saturated rings. The van der Waals surface area contributed by atoms with E-state index in [9.17, 15) is 0 Å². The predicted octanol–water partition coefficient (Wildman–Crippen LogP) is 2.58. The molecule has 0 aromatic heterocycles. The Hall–Kier alpha value is -0.570. The van der Waals surface area contributed by atoms with Gasteiger partial charge in [0.05, 0.1) is 0 Å². The zero-order valence-electron chi connectivity index (χ0n) is 11.3. The highest BCUT2D eigenvalue weighted by Crippen LogP contribution is 2.11. The van der Waals surface area contributed by atoms with Crippen LogP contribution in [-0.2, 0) is 6.42 Å². The first-order valence-corrected chi connectivity index (χ1v) is 6.78. The van der Waals surface area contributed by atoms with Crippen molar-refractivity contribution in [2.75, 3.05) is 33.2 Å². The van der Waals surface area contributed by atoms with Crippen molar-refractivity contribution in [2.45, 2.75) is 19.3 Å². The molecule has 18 heavy (non-hydrogen) atoms. The molecular weight excluding hydrogens is 244 g/mol. The molecule has 1 unspecified atom stereocenters. The maximum absolute atomic E-state index is 3.49. The van der Waals surface area contributed by atoms with E-state index in [1.54, 1.807) is 0 Å². The molecule has 1 heterocycles. The molecular formula is C15H25ClN2. The van der Waals surface area contributed by atoms with Crippen molar-refractivity contribution >= 4 is 12.4 Å². The SMILES string of the molecule is CN(CCc1ccccc1)CC1CCCNC1.Cl. The van der Waals surface area contributed by atoms with Crippen molar-refractivity contribution in [1.82, 2.24) is 10.2 Å². The van der Waals surface area contributed by atoms with Gasteiger partial charge >= 0.3 is 0 Å². The second-order valence-corrected chi connectivity index (χ2v) is 5.21. The van der Waals surface area contributed by atoms with E-state index < -0.39 is 0 Å². The van der Waals surface area contributed by atoms with Gasteiger partial charge in [-0.3, -0.25) is 0 Å². The lowest BCUT2D eigenvalue weighted by Crippen LogP contribution is -2.37. The number of halogens is 1. The minimum absolute atomic E-state index is 0. The molecule has 2 rings (SSSR count). The molecule has 0 radical (unpaired) electrons. The lowest BCUT2D eigenvalue weighted by molar-refractivity contribution is 0.245. The molecule has 1 N–H and O–H groups in total. The minimum atomic E-state index is 0. The first-order chi connectivity index (χ1) is 8.34. The zero-order valence-corrected chi connectivity index (χ0v) is 12.1. The molecule has 1 aliphatic rings. The first-order valence-electron chi connectivity index (χ1n) is 6.78. The van der Waals surface area contributed by atoms with Gasteiger partial charge in [-0.1, -0.05) is 30.3 Å². The standard InChI is InChI=1S/C15H24N2.ClH/c1-17(13-15-8-5-10-16-12-15)11-9-14-6-3-2-4-7-14;/h2-4,6-7,15-16H,5,8-13H2,1H3;1H. The van der Waals surface area contributed by atoms with E-state index in [-0.39, 0.29) is 12.4 Å². The van der Waals surface area contributed by atoms with Crippen molar-refractivity contribution < 1.29 is 0 Å². The lowest BCUT2D eigenvalue weighted by Gasteiger charge is -2.27. The van der Waals surface area contributed by atoms with Crippen LogP contribution in [0.4, 0.5) is 0 Å². The third kappa shape index (κ3) is 5.38. The van der Waals surface area contributed by atoms with Crippen LogP contribution in [0.15, 0.2) is 30.3 Å². The Kier molecular flexibility index (Phi) is 7.33. The molecule has 1 aromatic carbocycles. The van der Waals surface area contributed by atoms with Crippen LogP contribution < -0.4 is 5.32 Å². The monoisotopic (exact) mass is 268 g/mol. The van der Waals surface area contributed by atoms with Crippen LogP contribution in [0.3, 0.4) is 0 Å². The Balaban J connectivity index is 0.00000162. The number of nitrogens with one attached hydrogen (secondary N) is 1. The number of nitrogens with zero attached hydrogens (tertiary/aromatic N) is 1. The number of hydrogen-bond donors (Lipinski definition) is 1. The molecule has 0 bridgehead atoms. The van der Waals surface area contributed by atoms with Crippen molar-refractivity contribution in [3.63, 3.8) is 0 Å². The second-order valence-electron chi connectivity index (χ2n) is 5.21. The lowest BCUT2D eigenvalue weighted by atomic mass is 9.99. The number of likely N-dealkylation sites (N-methyl/N-ethyl adjacent to an activating group) is 1. The Bertz CT molecular complexity index is 310. The van der Waals surface area contributed by atoms with Crippen LogP contribution in [0.25, 0.3) is 0 Å². The summed E-state index contributed by atoms with van der Waals surface area (Å²) in [7, 11) is 2.25. The third-order valence-electron chi connectivity index (χ3n) is 3.59. The number of piperidine rings is 1. The molecule has 2 nitrogen and oxygen atoms in total. The molecule has 1 aliphatic heterocycles. The quantitative estimate of drug-likeness (QED) is 0.883. The van der Waals surface area contributed by atoms with E-state index >= 15 is 0 Å². The van der Waals surface area contributed by atoms with Crippen molar-refractivity contribution in [1.29, 1.82) is 0 Å². The van der Waals surface area contributed by atoms with Gasteiger partial charge in [0.1, 0.15) is 0 Å². The van der Waals surface area contributed by atoms with Gasteiger partial charge in [0.15, 0.2) is 0 Å². The van der Waals surface area contributed by atoms with Gasteiger partial charge in [0.25, 0.3) is 0 Å². The summed E-state index contributed by atoms with van der Waals surface area (Å²) in [6.07, 6.45) is 3.90. The Morgan fingerprint density at radius 2 is 2.06 bits per heavy atom. The first kappa shape index (κ1) is 15.5. The van der Waals surface area contributed by atoms with Crippen molar-refractivity contribution in [3.05, 3.63) is 35.9 Å². The molecule has 0 saturated carbocycles. The number of benzene rings is 1. The van der Waals surface area contributed by atoms with Crippen molar-refractivity contribution in [3.8, 4) is 0 Å². The summed E-state index contributed by atoms with van der Waals surface area (Å²) in [5, 5.41) is 3.49. The molecule has 102 valence electrons. The normalized spacial score (nSPS) is 19.6. The van der Waals surface area contributed by atoms with Crippen LogP contribution >= 0.6 is 12.4 Å². The summed E-state index contributed by atoms with van der Waals surface area (Å²) < 4.78 is 0. The maximum atomic E-state index is 3.49. The fourth-order valence-electron chi connectivity index (χ4n) is 2.58. The molecule has 0 aliphatic carbocycles. The topological polar surface area (TPSA) is 15.3 Å². The zero-order chi connectivity index (χ0) is 11.9. The van der Waals surface area contributed by atoms with Gasteiger partial charge in [-0.15, -0.1) is 12.4 Å². The van der Waals surface area contributed by atoms with Gasteiger partial charge in [0.2, 0.25) is 0 Å². The predicted molar refractivity (Wildman–Crippen MR) is 80.5 cm³/mol.